The topological polar surface area (TPSA) is 140 Å². The minimum absolute atomic E-state index is 0. The zero-order valence-electron chi connectivity index (χ0n) is 25.3. The number of hydrogen-bond donors (Lipinski definition) is 6. The lowest BCUT2D eigenvalue weighted by atomic mass is 10.00. The maximum Gasteiger partial charge on any atom is 0.319 e. The van der Waals surface area contributed by atoms with Crippen molar-refractivity contribution < 1.29 is 53.1 Å². The molecule has 1 aliphatic heterocycles. The molecule has 236 valence electrons. The summed E-state index contributed by atoms with van der Waals surface area (Å²) in [7, 11) is 2.17. The van der Waals surface area contributed by atoms with E-state index in [4.69, 9.17) is 0 Å². The van der Waals surface area contributed by atoms with Gasteiger partial charge >= 0.3 is 6.03 Å². The van der Waals surface area contributed by atoms with Crippen LogP contribution in [0.25, 0.3) is 0 Å². The van der Waals surface area contributed by atoms with Crippen molar-refractivity contribution in [1.29, 1.82) is 0 Å². The Balaban J connectivity index is 0.00000529. The number of urea groups is 1. The number of hydrogen-bond acceptors (Lipinski definition) is 5. The molecule has 11 heteroatoms. The monoisotopic (exact) mass is 715 g/mol. The zero-order chi connectivity index (χ0) is 31.0. The SMILES string of the molecule is CC(C)NC(=O)c1ccc(NC(=O)N[C@@H](Cc2ccc(O)cc2)C(=O)N[C@H]2CCC[N+](C)(Cc3ccc(O)cc3)C2)cc1.[I-]. The van der Waals surface area contributed by atoms with E-state index in [1.807, 2.05) is 26.0 Å². The van der Waals surface area contributed by atoms with Gasteiger partial charge in [0, 0.05) is 29.3 Å². The first-order valence-electron chi connectivity index (χ1n) is 14.7. The number of anilines is 1. The van der Waals surface area contributed by atoms with Crippen LogP contribution in [-0.2, 0) is 17.8 Å². The number of halogens is 1. The number of quaternary nitrogens is 1. The molecule has 0 aromatic heterocycles. The maximum absolute atomic E-state index is 13.6. The lowest BCUT2D eigenvalue weighted by molar-refractivity contribution is -0.927. The number of phenols is 2. The van der Waals surface area contributed by atoms with Gasteiger partial charge in [-0.3, -0.25) is 9.59 Å². The van der Waals surface area contributed by atoms with E-state index in [2.05, 4.69) is 28.3 Å². The summed E-state index contributed by atoms with van der Waals surface area (Å²) in [6.45, 7) is 6.26. The third kappa shape index (κ3) is 10.4. The minimum atomic E-state index is -0.863. The zero-order valence-corrected chi connectivity index (χ0v) is 27.5. The highest BCUT2D eigenvalue weighted by molar-refractivity contribution is 5.96. The molecule has 1 saturated heterocycles. The molecule has 0 saturated carbocycles. The first-order valence-corrected chi connectivity index (χ1v) is 14.7. The van der Waals surface area contributed by atoms with Crippen molar-refractivity contribution >= 4 is 23.5 Å². The molecule has 1 fully saturated rings. The molecule has 0 aliphatic carbocycles. The average molecular weight is 716 g/mol. The van der Waals surface area contributed by atoms with E-state index in [0.29, 0.717) is 11.3 Å². The number of likely N-dealkylation sites (tertiary alicyclic amines) is 1. The molecule has 4 rings (SSSR count). The fraction of sp³-hybridized carbons (Fsp3) is 0.364. The van der Waals surface area contributed by atoms with E-state index < -0.39 is 12.1 Å². The molecule has 0 spiro atoms. The molecule has 3 aromatic carbocycles. The van der Waals surface area contributed by atoms with Crippen LogP contribution < -0.4 is 45.2 Å². The maximum atomic E-state index is 13.6. The first-order chi connectivity index (χ1) is 20.5. The molecule has 3 atom stereocenters. The van der Waals surface area contributed by atoms with Gasteiger partial charge in [0.1, 0.15) is 24.1 Å². The minimum Gasteiger partial charge on any atom is -1.00 e. The van der Waals surface area contributed by atoms with Crippen molar-refractivity contribution in [2.24, 2.45) is 0 Å². The molecule has 10 nitrogen and oxygen atoms in total. The predicted octanol–water partition coefficient (Wildman–Crippen LogP) is 0.898. The summed E-state index contributed by atoms with van der Waals surface area (Å²) in [4.78, 5) is 38.8. The van der Waals surface area contributed by atoms with Gasteiger partial charge in [-0.2, -0.15) is 0 Å². The van der Waals surface area contributed by atoms with Gasteiger partial charge in [0.05, 0.1) is 26.2 Å². The number of carbonyl (C=O) groups excluding carboxylic acids is 3. The quantitative estimate of drug-likeness (QED) is 0.137. The second kappa shape index (κ2) is 15.8. The lowest BCUT2D eigenvalue weighted by Gasteiger charge is -2.42. The van der Waals surface area contributed by atoms with Gasteiger partial charge < -0.3 is 59.9 Å². The van der Waals surface area contributed by atoms with Crippen molar-refractivity contribution in [2.45, 2.75) is 57.8 Å². The Morgan fingerprint density at radius 3 is 2.05 bits per heavy atom. The highest BCUT2D eigenvalue weighted by Gasteiger charge is 2.34. The van der Waals surface area contributed by atoms with E-state index in [1.54, 1.807) is 60.7 Å². The lowest BCUT2D eigenvalue weighted by Crippen LogP contribution is -3.00. The van der Waals surface area contributed by atoms with Crippen LogP contribution in [0.5, 0.6) is 11.5 Å². The van der Waals surface area contributed by atoms with E-state index in [0.717, 1.165) is 48.1 Å². The van der Waals surface area contributed by atoms with Crippen molar-refractivity contribution in [3.8, 4) is 11.5 Å². The Morgan fingerprint density at radius 2 is 1.45 bits per heavy atom. The van der Waals surface area contributed by atoms with Crippen LogP contribution >= 0.6 is 0 Å². The normalized spacial score (nSPS) is 18.4. The smallest absolute Gasteiger partial charge is 0.319 e. The van der Waals surface area contributed by atoms with E-state index in [-0.39, 0.29) is 65.8 Å². The molecule has 4 amide bonds. The molecule has 6 N–H and O–H groups in total. The molecule has 0 radical (unpaired) electrons. The summed E-state index contributed by atoms with van der Waals surface area (Å²) in [5, 5.41) is 30.9. The largest absolute Gasteiger partial charge is 1.00 e. The number of amides is 4. The number of nitrogens with zero attached hydrogens (tertiary/aromatic N) is 1. The fourth-order valence-corrected chi connectivity index (χ4v) is 5.49. The van der Waals surface area contributed by atoms with Crippen LogP contribution in [0.3, 0.4) is 0 Å². The van der Waals surface area contributed by atoms with Gasteiger partial charge in [-0.15, -0.1) is 0 Å². The number of aromatic hydroxyl groups is 2. The van der Waals surface area contributed by atoms with Gasteiger partial charge in [-0.1, -0.05) is 12.1 Å². The average Bonchev–Trinajstić information content (AvgIpc) is 2.95. The summed E-state index contributed by atoms with van der Waals surface area (Å²) in [6, 6.07) is 18.8. The van der Waals surface area contributed by atoms with Gasteiger partial charge in [-0.25, -0.2) is 4.79 Å². The number of benzene rings is 3. The van der Waals surface area contributed by atoms with Gasteiger partial charge in [0.15, 0.2) is 0 Å². The third-order valence-corrected chi connectivity index (χ3v) is 7.58. The number of phenolic OH excluding ortho intramolecular Hbond substituents is 2. The van der Waals surface area contributed by atoms with Crippen molar-refractivity contribution in [2.75, 3.05) is 25.5 Å². The Hall–Kier alpha value is -3.84. The fourth-order valence-electron chi connectivity index (χ4n) is 5.49. The van der Waals surface area contributed by atoms with E-state index in [9.17, 15) is 24.6 Å². The highest BCUT2D eigenvalue weighted by Crippen LogP contribution is 2.22. The van der Waals surface area contributed by atoms with Crippen LogP contribution in [0, 0.1) is 0 Å². The molecule has 3 aromatic rings. The summed E-state index contributed by atoms with van der Waals surface area (Å²) >= 11 is 0. The second-order valence-corrected chi connectivity index (χ2v) is 11.9. The Morgan fingerprint density at radius 1 is 0.864 bits per heavy atom. The van der Waals surface area contributed by atoms with Gasteiger partial charge in [-0.05, 0) is 92.9 Å². The number of rotatable bonds is 10. The Kier molecular flexibility index (Phi) is 12.4. The predicted molar refractivity (Wildman–Crippen MR) is 166 cm³/mol. The van der Waals surface area contributed by atoms with Crippen molar-refractivity contribution in [3.63, 3.8) is 0 Å². The van der Waals surface area contributed by atoms with E-state index in [1.165, 1.54) is 0 Å². The molecule has 1 heterocycles. The summed E-state index contributed by atoms with van der Waals surface area (Å²) in [5.41, 5.74) is 2.87. The van der Waals surface area contributed by atoms with Crippen molar-refractivity contribution in [1.82, 2.24) is 16.0 Å². The molecule has 1 unspecified atom stereocenters. The van der Waals surface area contributed by atoms with Crippen LogP contribution in [0.2, 0.25) is 0 Å². The van der Waals surface area contributed by atoms with Crippen molar-refractivity contribution in [3.05, 3.63) is 89.5 Å². The third-order valence-electron chi connectivity index (χ3n) is 7.58. The molecular formula is C33H42IN5O5. The number of likely N-dealkylation sites (N-methyl/N-ethyl adjacent to an activating group) is 1. The number of piperidine rings is 1. The van der Waals surface area contributed by atoms with Crippen LogP contribution in [0.4, 0.5) is 10.5 Å². The number of carbonyl (C=O) groups is 3. The Bertz CT molecular complexity index is 1400. The Labute approximate surface area is 275 Å². The standard InChI is InChI=1S/C33H41N5O5.HI/c1-22(2)34-31(41)25-10-12-26(13-11-25)36-33(43)37-30(19-23-6-14-28(39)15-7-23)32(42)35-27-5-4-18-38(3,21-27)20-24-8-16-29(40)17-9-24;/h6-17,22,27,30H,4-5,18-21H2,1-3H3,(H5-,34,35,36,37,39,40,41,42,43);1H/t27-,30-,38?;/m0./s1. The highest BCUT2D eigenvalue weighted by atomic mass is 127. The molecule has 44 heavy (non-hydrogen) atoms. The first kappa shape index (κ1) is 34.6. The van der Waals surface area contributed by atoms with Crippen LogP contribution in [-0.4, -0.2) is 70.8 Å². The van der Waals surface area contributed by atoms with Gasteiger partial charge in [0.25, 0.3) is 5.91 Å². The molecule has 1 aliphatic rings. The molecular weight excluding hydrogens is 673 g/mol. The number of nitrogens with one attached hydrogen (secondary N) is 4. The second-order valence-electron chi connectivity index (χ2n) is 11.9. The molecule has 0 bridgehead atoms. The summed E-state index contributed by atoms with van der Waals surface area (Å²) in [5.74, 6) is -0.129. The summed E-state index contributed by atoms with van der Waals surface area (Å²) < 4.78 is 0.747. The van der Waals surface area contributed by atoms with E-state index >= 15 is 0 Å². The van der Waals surface area contributed by atoms with Crippen LogP contribution in [0.15, 0.2) is 72.8 Å². The van der Waals surface area contributed by atoms with Gasteiger partial charge in [0.2, 0.25) is 5.91 Å². The van der Waals surface area contributed by atoms with Crippen LogP contribution in [0.1, 0.15) is 48.2 Å². The summed E-state index contributed by atoms with van der Waals surface area (Å²) in [6.07, 6.45) is 2.02.